The summed E-state index contributed by atoms with van der Waals surface area (Å²) in [5.74, 6) is -0.509. The standard InChI is InChI=1S/C16H20F3N5O2/c1-9-3-4-23(7-9)11-5-10(2)14-21-13(22-24(14)8-11)15(26)20-6-12(25)16(17,18)19/h5,8-9,12,25H,3-4,6-7H2,1-2H3,(H,20,26). The number of halogens is 3. The summed E-state index contributed by atoms with van der Waals surface area (Å²) in [6, 6.07) is 1.96. The molecule has 10 heteroatoms. The van der Waals surface area contributed by atoms with Crippen molar-refractivity contribution in [3.05, 3.63) is 23.7 Å². The van der Waals surface area contributed by atoms with E-state index in [0.717, 1.165) is 30.8 Å². The molecule has 3 heterocycles. The summed E-state index contributed by atoms with van der Waals surface area (Å²) in [4.78, 5) is 18.3. The van der Waals surface area contributed by atoms with Gasteiger partial charge in [-0.1, -0.05) is 6.92 Å². The molecule has 1 amide bonds. The molecule has 2 unspecified atom stereocenters. The fourth-order valence-corrected chi connectivity index (χ4v) is 2.95. The van der Waals surface area contributed by atoms with E-state index in [1.54, 1.807) is 6.20 Å². The number of carbonyl (C=O) groups excluding carboxylic acids is 1. The average Bonchev–Trinajstić information content (AvgIpc) is 3.17. The van der Waals surface area contributed by atoms with Gasteiger partial charge >= 0.3 is 6.18 Å². The normalized spacial score (nSPS) is 19.2. The van der Waals surface area contributed by atoms with Crippen molar-refractivity contribution in [3.63, 3.8) is 0 Å². The van der Waals surface area contributed by atoms with Crippen molar-refractivity contribution in [2.24, 2.45) is 5.92 Å². The maximum atomic E-state index is 12.3. The lowest BCUT2D eigenvalue weighted by atomic mass is 10.2. The molecule has 142 valence electrons. The largest absolute Gasteiger partial charge is 0.416 e. The first-order valence-corrected chi connectivity index (χ1v) is 8.30. The third-order valence-corrected chi connectivity index (χ3v) is 4.43. The summed E-state index contributed by atoms with van der Waals surface area (Å²) in [5.41, 5.74) is 2.23. The number of alkyl halides is 3. The minimum atomic E-state index is -4.79. The Morgan fingerprint density at radius 3 is 2.85 bits per heavy atom. The van der Waals surface area contributed by atoms with Gasteiger partial charge in [-0.25, -0.2) is 9.50 Å². The number of aryl methyl sites for hydroxylation is 1. The van der Waals surface area contributed by atoms with Crippen LogP contribution in [0.15, 0.2) is 12.3 Å². The Morgan fingerprint density at radius 1 is 1.50 bits per heavy atom. The van der Waals surface area contributed by atoms with E-state index in [-0.39, 0.29) is 5.82 Å². The number of anilines is 1. The van der Waals surface area contributed by atoms with Gasteiger partial charge in [0.2, 0.25) is 5.82 Å². The van der Waals surface area contributed by atoms with Crippen LogP contribution in [0, 0.1) is 12.8 Å². The summed E-state index contributed by atoms with van der Waals surface area (Å²) in [6.07, 6.45) is -4.56. The molecule has 2 atom stereocenters. The number of fused-ring (bicyclic) bond motifs is 1. The fourth-order valence-electron chi connectivity index (χ4n) is 2.95. The van der Waals surface area contributed by atoms with Crippen molar-refractivity contribution in [2.45, 2.75) is 32.5 Å². The van der Waals surface area contributed by atoms with Crippen LogP contribution in [0.25, 0.3) is 5.65 Å². The predicted octanol–water partition coefficient (Wildman–Crippen LogP) is 1.54. The van der Waals surface area contributed by atoms with E-state index in [0.29, 0.717) is 11.6 Å². The number of carbonyl (C=O) groups is 1. The Bertz CT molecular complexity index is 820. The topological polar surface area (TPSA) is 82.8 Å². The monoisotopic (exact) mass is 371 g/mol. The zero-order valence-corrected chi connectivity index (χ0v) is 14.4. The van der Waals surface area contributed by atoms with Crippen molar-refractivity contribution >= 4 is 17.2 Å². The molecule has 3 rings (SSSR count). The molecule has 1 aliphatic rings. The molecule has 2 aromatic rings. The number of amides is 1. The lowest BCUT2D eigenvalue weighted by Crippen LogP contribution is -2.41. The van der Waals surface area contributed by atoms with Crippen LogP contribution < -0.4 is 10.2 Å². The zero-order chi connectivity index (χ0) is 19.1. The van der Waals surface area contributed by atoms with Crippen molar-refractivity contribution in [2.75, 3.05) is 24.5 Å². The van der Waals surface area contributed by atoms with E-state index in [1.807, 2.05) is 18.3 Å². The van der Waals surface area contributed by atoms with E-state index < -0.39 is 24.7 Å². The van der Waals surface area contributed by atoms with E-state index in [1.165, 1.54) is 4.52 Å². The summed E-state index contributed by atoms with van der Waals surface area (Å²) in [7, 11) is 0. The van der Waals surface area contributed by atoms with Crippen molar-refractivity contribution in [1.82, 2.24) is 19.9 Å². The minimum Gasteiger partial charge on any atom is -0.382 e. The van der Waals surface area contributed by atoms with Gasteiger partial charge in [0.15, 0.2) is 11.8 Å². The highest BCUT2D eigenvalue weighted by Gasteiger charge is 2.38. The second kappa shape index (κ2) is 6.75. The summed E-state index contributed by atoms with van der Waals surface area (Å²) in [5, 5.41) is 15.0. The fraction of sp³-hybridized carbons (Fsp3) is 0.562. The quantitative estimate of drug-likeness (QED) is 0.852. The van der Waals surface area contributed by atoms with Crippen LogP contribution in [0.2, 0.25) is 0 Å². The van der Waals surface area contributed by atoms with Crippen molar-refractivity contribution in [3.8, 4) is 0 Å². The SMILES string of the molecule is Cc1cc(N2CCC(C)C2)cn2nc(C(=O)NCC(O)C(F)(F)F)nc12. The van der Waals surface area contributed by atoms with Crippen LogP contribution in [0.1, 0.15) is 29.5 Å². The highest BCUT2D eigenvalue weighted by Crippen LogP contribution is 2.25. The lowest BCUT2D eigenvalue weighted by molar-refractivity contribution is -0.201. The number of pyridine rings is 1. The highest BCUT2D eigenvalue weighted by atomic mass is 19.4. The Balaban J connectivity index is 1.78. The first kappa shape index (κ1) is 18.4. The number of hydrogen-bond acceptors (Lipinski definition) is 5. The summed E-state index contributed by atoms with van der Waals surface area (Å²) < 4.78 is 38.4. The van der Waals surface area contributed by atoms with Gasteiger partial charge in [-0.15, -0.1) is 5.10 Å². The van der Waals surface area contributed by atoms with Gasteiger partial charge in [0.25, 0.3) is 5.91 Å². The molecule has 7 nitrogen and oxygen atoms in total. The van der Waals surface area contributed by atoms with Crippen LogP contribution in [-0.4, -0.2) is 57.5 Å². The third kappa shape index (κ3) is 3.74. The zero-order valence-electron chi connectivity index (χ0n) is 14.4. The number of hydrogen-bond donors (Lipinski definition) is 2. The summed E-state index contributed by atoms with van der Waals surface area (Å²) >= 11 is 0. The van der Waals surface area contributed by atoms with Crippen LogP contribution in [0.3, 0.4) is 0 Å². The minimum absolute atomic E-state index is 0.241. The molecular weight excluding hydrogens is 351 g/mol. The number of nitrogens with one attached hydrogen (secondary N) is 1. The molecule has 0 bridgehead atoms. The van der Waals surface area contributed by atoms with Crippen molar-refractivity contribution < 1.29 is 23.1 Å². The van der Waals surface area contributed by atoms with E-state index in [9.17, 15) is 18.0 Å². The first-order valence-electron chi connectivity index (χ1n) is 8.30. The third-order valence-electron chi connectivity index (χ3n) is 4.43. The van der Waals surface area contributed by atoms with E-state index in [2.05, 4.69) is 21.9 Å². The number of nitrogens with zero attached hydrogens (tertiary/aromatic N) is 4. The molecule has 2 N–H and O–H groups in total. The molecule has 1 aliphatic heterocycles. The highest BCUT2D eigenvalue weighted by molar-refractivity contribution is 5.91. The Kier molecular flexibility index (Phi) is 4.78. The second-order valence-corrected chi connectivity index (χ2v) is 6.69. The van der Waals surface area contributed by atoms with Gasteiger partial charge in [-0.2, -0.15) is 13.2 Å². The Labute approximate surface area is 147 Å². The van der Waals surface area contributed by atoms with Gasteiger partial charge in [-0.3, -0.25) is 4.79 Å². The average molecular weight is 371 g/mol. The predicted molar refractivity (Wildman–Crippen MR) is 88.1 cm³/mol. The van der Waals surface area contributed by atoms with E-state index >= 15 is 0 Å². The molecule has 26 heavy (non-hydrogen) atoms. The van der Waals surface area contributed by atoms with Gasteiger partial charge in [-0.05, 0) is 30.9 Å². The Hall–Kier alpha value is -2.36. The van der Waals surface area contributed by atoms with Crippen LogP contribution in [0.4, 0.5) is 18.9 Å². The van der Waals surface area contributed by atoms with Crippen LogP contribution >= 0.6 is 0 Å². The van der Waals surface area contributed by atoms with Gasteiger partial charge in [0, 0.05) is 13.1 Å². The van der Waals surface area contributed by atoms with Gasteiger partial charge in [0.1, 0.15) is 0 Å². The molecule has 0 spiro atoms. The summed E-state index contributed by atoms with van der Waals surface area (Å²) in [6.45, 7) is 4.93. The molecule has 0 aromatic carbocycles. The molecular formula is C16H20F3N5O2. The number of aromatic nitrogens is 3. The van der Waals surface area contributed by atoms with Gasteiger partial charge in [0.05, 0.1) is 18.4 Å². The molecule has 0 aliphatic carbocycles. The van der Waals surface area contributed by atoms with Gasteiger partial charge < -0.3 is 15.3 Å². The molecule has 1 fully saturated rings. The lowest BCUT2D eigenvalue weighted by Gasteiger charge is -2.18. The maximum absolute atomic E-state index is 12.3. The second-order valence-electron chi connectivity index (χ2n) is 6.69. The van der Waals surface area contributed by atoms with E-state index in [4.69, 9.17) is 5.11 Å². The number of aliphatic hydroxyl groups excluding tert-OH is 1. The first-order chi connectivity index (χ1) is 12.1. The maximum Gasteiger partial charge on any atom is 0.416 e. The molecule has 1 saturated heterocycles. The molecule has 2 aromatic heterocycles. The Morgan fingerprint density at radius 2 is 2.23 bits per heavy atom. The number of rotatable bonds is 4. The molecule has 0 saturated carbocycles. The van der Waals surface area contributed by atoms with Crippen LogP contribution in [-0.2, 0) is 0 Å². The smallest absolute Gasteiger partial charge is 0.382 e. The van der Waals surface area contributed by atoms with Crippen LogP contribution in [0.5, 0.6) is 0 Å². The van der Waals surface area contributed by atoms with Crippen molar-refractivity contribution in [1.29, 1.82) is 0 Å². The number of aliphatic hydroxyl groups is 1. The molecule has 0 radical (unpaired) electrons.